The Hall–Kier alpha value is -2.08. The minimum Gasteiger partial charge on any atom is -0.488 e. The van der Waals surface area contributed by atoms with E-state index < -0.39 is 0 Å². The van der Waals surface area contributed by atoms with Crippen molar-refractivity contribution < 1.29 is 9.47 Å². The van der Waals surface area contributed by atoms with E-state index >= 15 is 0 Å². The maximum absolute atomic E-state index is 6.07. The van der Waals surface area contributed by atoms with Crippen LogP contribution in [0.2, 0.25) is 5.28 Å². The molecule has 122 valence electrons. The van der Waals surface area contributed by atoms with Gasteiger partial charge in [0.25, 0.3) is 5.88 Å². The summed E-state index contributed by atoms with van der Waals surface area (Å²) in [6, 6.07) is 5.57. The number of nitrogens with zero attached hydrogens (tertiary/aromatic N) is 4. The standard InChI is InChI=1S/C16H19ClN4O2/c1-2-22-13-6-3-8-18-15(13)23-12-5-4-10-21(11-12)14-7-9-19-16(17)20-14/h3,6-9,12H,2,4-5,10-11H2,1H3. The average Bonchev–Trinajstić information content (AvgIpc) is 2.57. The van der Waals surface area contributed by atoms with Crippen LogP contribution in [-0.2, 0) is 0 Å². The molecule has 0 spiro atoms. The highest BCUT2D eigenvalue weighted by Gasteiger charge is 2.24. The van der Waals surface area contributed by atoms with Crippen LogP contribution in [0, 0.1) is 0 Å². The van der Waals surface area contributed by atoms with Crippen LogP contribution in [0.5, 0.6) is 11.6 Å². The van der Waals surface area contributed by atoms with E-state index in [-0.39, 0.29) is 11.4 Å². The van der Waals surface area contributed by atoms with Crippen molar-refractivity contribution in [2.75, 3.05) is 24.6 Å². The Labute approximate surface area is 140 Å². The van der Waals surface area contributed by atoms with Gasteiger partial charge in [-0.05, 0) is 49.6 Å². The Bertz CT molecular complexity index is 655. The smallest absolute Gasteiger partial charge is 0.257 e. The molecule has 0 bridgehead atoms. The zero-order valence-corrected chi connectivity index (χ0v) is 13.7. The average molecular weight is 335 g/mol. The van der Waals surface area contributed by atoms with E-state index in [1.807, 2.05) is 25.1 Å². The van der Waals surface area contributed by atoms with Gasteiger partial charge in [-0.3, -0.25) is 0 Å². The lowest BCUT2D eigenvalue weighted by Gasteiger charge is -2.33. The third kappa shape index (κ3) is 4.01. The van der Waals surface area contributed by atoms with Crippen molar-refractivity contribution in [2.24, 2.45) is 0 Å². The van der Waals surface area contributed by atoms with Crippen LogP contribution in [0.25, 0.3) is 0 Å². The molecule has 2 aromatic heterocycles. The van der Waals surface area contributed by atoms with Gasteiger partial charge in [0.05, 0.1) is 13.2 Å². The number of pyridine rings is 1. The molecular formula is C16H19ClN4O2. The summed E-state index contributed by atoms with van der Waals surface area (Å²) in [5, 5.41) is 0.258. The summed E-state index contributed by atoms with van der Waals surface area (Å²) >= 11 is 5.88. The van der Waals surface area contributed by atoms with Crippen molar-refractivity contribution >= 4 is 17.4 Å². The molecular weight excluding hydrogens is 316 g/mol. The van der Waals surface area contributed by atoms with Crippen LogP contribution in [0.3, 0.4) is 0 Å². The van der Waals surface area contributed by atoms with Gasteiger partial charge in [-0.25, -0.2) is 15.0 Å². The molecule has 1 aliphatic rings. The summed E-state index contributed by atoms with van der Waals surface area (Å²) in [5.74, 6) is 2.04. The van der Waals surface area contributed by atoms with Crippen LogP contribution >= 0.6 is 11.6 Å². The molecule has 2 aromatic rings. The lowest BCUT2D eigenvalue weighted by molar-refractivity contribution is 0.162. The molecule has 0 amide bonds. The normalized spacial score (nSPS) is 17.8. The van der Waals surface area contributed by atoms with Crippen LogP contribution < -0.4 is 14.4 Å². The number of aromatic nitrogens is 3. The molecule has 1 fully saturated rings. The number of anilines is 1. The number of halogens is 1. The molecule has 0 radical (unpaired) electrons. The van der Waals surface area contributed by atoms with E-state index in [0.29, 0.717) is 18.2 Å². The molecule has 1 saturated heterocycles. The molecule has 0 saturated carbocycles. The molecule has 7 heteroatoms. The van der Waals surface area contributed by atoms with Crippen LogP contribution in [0.4, 0.5) is 5.82 Å². The summed E-state index contributed by atoms with van der Waals surface area (Å²) < 4.78 is 11.6. The zero-order chi connectivity index (χ0) is 16.1. The first kappa shape index (κ1) is 15.8. The van der Waals surface area contributed by atoms with Crippen LogP contribution in [0.1, 0.15) is 19.8 Å². The molecule has 0 N–H and O–H groups in total. The fourth-order valence-electron chi connectivity index (χ4n) is 2.63. The van der Waals surface area contributed by atoms with Gasteiger partial charge in [0, 0.05) is 18.9 Å². The summed E-state index contributed by atoms with van der Waals surface area (Å²) in [4.78, 5) is 14.6. The Morgan fingerprint density at radius 2 is 2.22 bits per heavy atom. The van der Waals surface area contributed by atoms with E-state index in [2.05, 4.69) is 19.9 Å². The van der Waals surface area contributed by atoms with Gasteiger partial charge < -0.3 is 14.4 Å². The number of hydrogen-bond acceptors (Lipinski definition) is 6. The fourth-order valence-corrected chi connectivity index (χ4v) is 2.78. The lowest BCUT2D eigenvalue weighted by atomic mass is 10.1. The number of hydrogen-bond donors (Lipinski definition) is 0. The summed E-state index contributed by atoms with van der Waals surface area (Å²) in [6.07, 6.45) is 5.40. The summed E-state index contributed by atoms with van der Waals surface area (Å²) in [5.41, 5.74) is 0. The minimum absolute atomic E-state index is 0.0339. The van der Waals surface area contributed by atoms with Crippen molar-refractivity contribution in [1.82, 2.24) is 15.0 Å². The molecule has 6 nitrogen and oxygen atoms in total. The molecule has 3 rings (SSSR count). The van der Waals surface area contributed by atoms with E-state index in [1.165, 1.54) is 0 Å². The molecule has 1 unspecified atom stereocenters. The molecule has 23 heavy (non-hydrogen) atoms. The third-order valence-corrected chi connectivity index (χ3v) is 3.81. The van der Waals surface area contributed by atoms with Gasteiger partial charge in [-0.2, -0.15) is 0 Å². The number of ether oxygens (including phenoxy) is 2. The predicted octanol–water partition coefficient (Wildman–Crippen LogP) is 2.97. The van der Waals surface area contributed by atoms with Gasteiger partial charge in [-0.15, -0.1) is 0 Å². The second-order valence-electron chi connectivity index (χ2n) is 5.25. The second-order valence-corrected chi connectivity index (χ2v) is 5.59. The monoisotopic (exact) mass is 334 g/mol. The van der Waals surface area contributed by atoms with Gasteiger partial charge in [0.1, 0.15) is 11.9 Å². The highest BCUT2D eigenvalue weighted by Crippen LogP contribution is 2.27. The Kier molecular flexibility index (Phi) is 5.12. The van der Waals surface area contributed by atoms with E-state index in [9.17, 15) is 0 Å². The fraction of sp³-hybridized carbons (Fsp3) is 0.438. The van der Waals surface area contributed by atoms with Gasteiger partial charge >= 0.3 is 0 Å². The predicted molar refractivity (Wildman–Crippen MR) is 88.3 cm³/mol. The van der Waals surface area contributed by atoms with Gasteiger partial charge in [-0.1, -0.05) is 0 Å². The minimum atomic E-state index is 0.0339. The maximum atomic E-state index is 6.07. The Morgan fingerprint density at radius 1 is 1.30 bits per heavy atom. The first-order chi connectivity index (χ1) is 11.3. The van der Waals surface area contributed by atoms with E-state index in [1.54, 1.807) is 12.4 Å². The van der Waals surface area contributed by atoms with Crippen LogP contribution in [-0.4, -0.2) is 40.8 Å². The second kappa shape index (κ2) is 7.46. The van der Waals surface area contributed by atoms with Crippen molar-refractivity contribution in [2.45, 2.75) is 25.9 Å². The third-order valence-electron chi connectivity index (χ3n) is 3.63. The Balaban J connectivity index is 1.70. The quantitative estimate of drug-likeness (QED) is 0.783. The van der Waals surface area contributed by atoms with E-state index in [4.69, 9.17) is 21.1 Å². The molecule has 0 aromatic carbocycles. The van der Waals surface area contributed by atoms with Crippen molar-refractivity contribution in [3.63, 3.8) is 0 Å². The topological polar surface area (TPSA) is 60.4 Å². The van der Waals surface area contributed by atoms with Crippen molar-refractivity contribution in [1.29, 1.82) is 0 Å². The van der Waals surface area contributed by atoms with Gasteiger partial charge in [0.2, 0.25) is 5.28 Å². The molecule has 3 heterocycles. The maximum Gasteiger partial charge on any atom is 0.257 e. The Morgan fingerprint density at radius 3 is 3.04 bits per heavy atom. The number of piperidine rings is 1. The van der Waals surface area contributed by atoms with Crippen molar-refractivity contribution in [3.05, 3.63) is 35.9 Å². The van der Waals surface area contributed by atoms with Crippen LogP contribution in [0.15, 0.2) is 30.6 Å². The SMILES string of the molecule is CCOc1cccnc1OC1CCCN(c2ccnc(Cl)n2)C1. The first-order valence-electron chi connectivity index (χ1n) is 7.74. The lowest BCUT2D eigenvalue weighted by Crippen LogP contribution is -2.41. The molecule has 0 aliphatic carbocycles. The molecule has 1 aliphatic heterocycles. The highest BCUT2D eigenvalue weighted by atomic mass is 35.5. The first-order valence-corrected chi connectivity index (χ1v) is 8.12. The van der Waals surface area contributed by atoms with E-state index in [0.717, 1.165) is 31.7 Å². The highest BCUT2D eigenvalue weighted by molar-refractivity contribution is 6.28. The summed E-state index contributed by atoms with van der Waals surface area (Å²) in [7, 11) is 0. The zero-order valence-electron chi connectivity index (χ0n) is 13.0. The number of rotatable bonds is 5. The summed E-state index contributed by atoms with van der Waals surface area (Å²) in [6.45, 7) is 4.18. The van der Waals surface area contributed by atoms with Crippen molar-refractivity contribution in [3.8, 4) is 11.6 Å². The molecule has 1 atom stereocenters. The largest absolute Gasteiger partial charge is 0.488 e. The van der Waals surface area contributed by atoms with Gasteiger partial charge in [0.15, 0.2) is 5.75 Å².